The van der Waals surface area contributed by atoms with E-state index in [1.807, 2.05) is 0 Å². The first-order valence-corrected chi connectivity index (χ1v) is 17.0. The maximum Gasteiger partial charge on any atom is 0.264 e. The third-order valence-electron chi connectivity index (χ3n) is 7.18. The Morgan fingerprint density at radius 2 is 1.53 bits per heavy atom. The van der Waals surface area contributed by atoms with E-state index in [9.17, 15) is 21.6 Å². The Balaban J connectivity index is 1.20. The van der Waals surface area contributed by atoms with Gasteiger partial charge in [0.15, 0.2) is 6.10 Å². The first kappa shape index (κ1) is 30.9. The van der Waals surface area contributed by atoms with E-state index >= 15 is 0 Å². The summed E-state index contributed by atoms with van der Waals surface area (Å²) in [5.41, 5.74) is 0.224. The summed E-state index contributed by atoms with van der Waals surface area (Å²) in [4.78, 5) is 13.3. The number of methoxy groups -OCH3 is 1. The predicted molar refractivity (Wildman–Crippen MR) is 161 cm³/mol. The Hall–Kier alpha value is -3.52. The number of benzene rings is 3. The molecular weight excluding hydrogens is 618 g/mol. The van der Waals surface area contributed by atoms with Gasteiger partial charge in [0.25, 0.3) is 15.9 Å². The van der Waals surface area contributed by atoms with Crippen LogP contribution in [0.1, 0.15) is 19.3 Å². The maximum atomic E-state index is 13.6. The van der Waals surface area contributed by atoms with Crippen LogP contribution in [0.5, 0.6) is 17.2 Å². The fraction of sp³-hybridized carbons (Fsp3) is 0.345. The smallest absolute Gasteiger partial charge is 0.264 e. The van der Waals surface area contributed by atoms with Crippen LogP contribution in [-0.2, 0) is 24.8 Å². The van der Waals surface area contributed by atoms with Crippen molar-refractivity contribution in [1.29, 1.82) is 0 Å². The average molecular weight is 650 g/mol. The second kappa shape index (κ2) is 13.0. The second-order valence-electron chi connectivity index (χ2n) is 10.0. The first-order chi connectivity index (χ1) is 20.6. The molecule has 3 aromatic rings. The Labute approximate surface area is 256 Å². The largest absolute Gasteiger partial charge is 0.497 e. The number of nitrogens with zero attached hydrogens (tertiary/aromatic N) is 2. The average Bonchev–Trinajstić information content (AvgIpc) is 3.03. The van der Waals surface area contributed by atoms with E-state index in [0.29, 0.717) is 29.6 Å². The van der Waals surface area contributed by atoms with Gasteiger partial charge in [-0.3, -0.25) is 9.10 Å². The lowest BCUT2D eigenvalue weighted by molar-refractivity contribution is -0.127. The van der Waals surface area contributed by atoms with Crippen LogP contribution in [-0.4, -0.2) is 73.0 Å². The van der Waals surface area contributed by atoms with Gasteiger partial charge in [0.1, 0.15) is 23.9 Å². The summed E-state index contributed by atoms with van der Waals surface area (Å²) in [6, 6.07) is 16.6. The van der Waals surface area contributed by atoms with Gasteiger partial charge in [-0.15, -0.1) is 0 Å². The van der Waals surface area contributed by atoms with Crippen molar-refractivity contribution in [3.8, 4) is 17.2 Å². The number of hydrogen-bond acceptors (Lipinski definition) is 8. The minimum Gasteiger partial charge on any atom is -0.497 e. The van der Waals surface area contributed by atoms with Crippen molar-refractivity contribution in [2.24, 2.45) is 0 Å². The number of nitrogens with one attached hydrogen (secondary N) is 1. The van der Waals surface area contributed by atoms with E-state index in [0.717, 1.165) is 23.6 Å². The number of carbonyl (C=O) groups excluding carboxylic acids is 1. The van der Waals surface area contributed by atoms with Gasteiger partial charge in [-0.25, -0.2) is 16.8 Å². The van der Waals surface area contributed by atoms with Crippen molar-refractivity contribution >= 4 is 43.2 Å². The minimum absolute atomic E-state index is 0.0171. The molecule has 1 amide bonds. The molecule has 43 heavy (non-hydrogen) atoms. The summed E-state index contributed by atoms with van der Waals surface area (Å²) in [6.07, 6.45) is 1.61. The Morgan fingerprint density at radius 3 is 2.19 bits per heavy atom. The topological polar surface area (TPSA) is 132 Å². The first-order valence-electron chi connectivity index (χ1n) is 13.7. The summed E-state index contributed by atoms with van der Waals surface area (Å²) < 4.78 is 72.2. The lowest BCUT2D eigenvalue weighted by atomic mass is 10.2. The molecule has 2 aliphatic heterocycles. The molecule has 0 aromatic heterocycles. The van der Waals surface area contributed by atoms with Gasteiger partial charge in [-0.2, -0.15) is 4.31 Å². The molecule has 1 atom stereocenters. The van der Waals surface area contributed by atoms with E-state index in [4.69, 9.17) is 25.8 Å². The summed E-state index contributed by atoms with van der Waals surface area (Å²) in [5.74, 6) is 0.622. The molecule has 1 N–H and O–H groups in total. The highest BCUT2D eigenvalue weighted by molar-refractivity contribution is 7.92. The van der Waals surface area contributed by atoms with Crippen LogP contribution in [0.25, 0.3) is 0 Å². The number of sulfonamides is 2. The van der Waals surface area contributed by atoms with Crippen LogP contribution in [0.2, 0.25) is 5.02 Å². The van der Waals surface area contributed by atoms with Gasteiger partial charge in [0.2, 0.25) is 10.0 Å². The van der Waals surface area contributed by atoms with Gasteiger partial charge in [-0.05, 0) is 79.6 Å². The molecule has 1 unspecified atom stereocenters. The highest BCUT2D eigenvalue weighted by Gasteiger charge is 2.37. The molecule has 230 valence electrons. The van der Waals surface area contributed by atoms with Crippen molar-refractivity contribution in [2.75, 3.05) is 44.2 Å². The van der Waals surface area contributed by atoms with Gasteiger partial charge in [-0.1, -0.05) is 18.0 Å². The fourth-order valence-corrected chi connectivity index (χ4v) is 8.03. The van der Waals surface area contributed by atoms with Gasteiger partial charge >= 0.3 is 0 Å². The highest BCUT2D eigenvalue weighted by atomic mass is 35.5. The van der Waals surface area contributed by atoms with Crippen LogP contribution >= 0.6 is 11.6 Å². The molecule has 5 rings (SSSR count). The molecule has 0 spiro atoms. The number of carbonyl (C=O) groups is 1. The highest BCUT2D eigenvalue weighted by Crippen LogP contribution is 2.39. The van der Waals surface area contributed by atoms with E-state index in [1.54, 1.807) is 18.2 Å². The van der Waals surface area contributed by atoms with Crippen molar-refractivity contribution in [3.63, 3.8) is 0 Å². The molecule has 0 radical (unpaired) electrons. The SMILES string of the molecule is COc1ccc(S(=O)(=O)N2CC(C(=O)NCCOc3ccc(S(=O)(=O)N4CCCCC4)cc3)Oc3ccc(Cl)cc32)cc1. The number of fused-ring (bicyclic) bond motifs is 1. The molecule has 11 nitrogen and oxygen atoms in total. The molecule has 2 aliphatic rings. The molecule has 2 heterocycles. The number of piperidine rings is 1. The number of hydrogen-bond donors (Lipinski definition) is 1. The molecule has 14 heteroatoms. The van der Waals surface area contributed by atoms with Gasteiger partial charge in [0.05, 0.1) is 35.7 Å². The third-order valence-corrected chi connectivity index (χ3v) is 11.1. The third kappa shape index (κ3) is 6.85. The van der Waals surface area contributed by atoms with Crippen LogP contribution in [0, 0.1) is 0 Å². The van der Waals surface area contributed by atoms with Gasteiger partial charge in [0, 0.05) is 18.1 Å². The zero-order chi connectivity index (χ0) is 30.6. The zero-order valence-corrected chi connectivity index (χ0v) is 25.8. The molecule has 3 aromatic carbocycles. The van der Waals surface area contributed by atoms with Crippen molar-refractivity contribution in [2.45, 2.75) is 35.2 Å². The van der Waals surface area contributed by atoms with Crippen molar-refractivity contribution in [3.05, 3.63) is 71.8 Å². The van der Waals surface area contributed by atoms with Crippen LogP contribution in [0.3, 0.4) is 0 Å². The van der Waals surface area contributed by atoms with Crippen LogP contribution in [0.15, 0.2) is 76.5 Å². The van der Waals surface area contributed by atoms with Crippen molar-refractivity contribution in [1.82, 2.24) is 9.62 Å². The van der Waals surface area contributed by atoms with E-state index in [2.05, 4.69) is 5.32 Å². The van der Waals surface area contributed by atoms with Crippen LogP contribution < -0.4 is 23.8 Å². The minimum atomic E-state index is -4.08. The van der Waals surface area contributed by atoms with E-state index in [1.165, 1.54) is 59.9 Å². The quantitative estimate of drug-likeness (QED) is 0.329. The molecule has 0 aliphatic carbocycles. The Kier molecular flexibility index (Phi) is 9.35. The lowest BCUT2D eigenvalue weighted by Gasteiger charge is -2.34. The zero-order valence-electron chi connectivity index (χ0n) is 23.4. The Bertz CT molecular complexity index is 1660. The Morgan fingerprint density at radius 1 is 0.907 bits per heavy atom. The van der Waals surface area contributed by atoms with Crippen LogP contribution in [0.4, 0.5) is 5.69 Å². The fourth-order valence-electron chi connectivity index (χ4n) is 4.88. The van der Waals surface area contributed by atoms with E-state index in [-0.39, 0.29) is 40.9 Å². The monoisotopic (exact) mass is 649 g/mol. The van der Waals surface area contributed by atoms with E-state index < -0.39 is 32.1 Å². The number of amides is 1. The molecule has 0 saturated carbocycles. The number of halogens is 1. The van der Waals surface area contributed by atoms with Gasteiger partial charge < -0.3 is 19.5 Å². The predicted octanol–water partition coefficient (Wildman–Crippen LogP) is 3.67. The summed E-state index contributed by atoms with van der Waals surface area (Å²) in [7, 11) is -6.13. The standard InChI is InChI=1S/C29H32ClN3O8S2/c1-39-22-6-10-25(11-7-22)43(37,38)33-20-28(41-27-14-5-21(30)19-26(27)33)29(34)31-15-18-40-23-8-12-24(13-9-23)42(35,36)32-16-3-2-4-17-32/h5-14,19,28H,2-4,15-18,20H2,1H3,(H,31,34). The van der Waals surface area contributed by atoms with Crippen molar-refractivity contribution < 1.29 is 35.8 Å². The molecule has 0 bridgehead atoms. The maximum absolute atomic E-state index is 13.6. The summed E-state index contributed by atoms with van der Waals surface area (Å²) in [6.45, 7) is 0.967. The lowest BCUT2D eigenvalue weighted by Crippen LogP contribution is -2.51. The number of ether oxygens (including phenoxy) is 3. The molecule has 1 saturated heterocycles. The molecule has 1 fully saturated rings. The second-order valence-corrected chi connectivity index (χ2v) is 14.2. The number of rotatable bonds is 10. The summed E-state index contributed by atoms with van der Waals surface area (Å²) >= 11 is 6.16. The summed E-state index contributed by atoms with van der Waals surface area (Å²) in [5, 5.41) is 3.03. The number of anilines is 1. The molecular formula is C29H32ClN3O8S2. The normalized spacial score (nSPS) is 17.4.